The Kier molecular flexibility index (Phi) is 8.78. The lowest BCUT2D eigenvalue weighted by atomic mass is 10.1. The van der Waals surface area contributed by atoms with E-state index in [0.717, 1.165) is 46.4 Å². The molecule has 3 aromatic rings. The van der Waals surface area contributed by atoms with Gasteiger partial charge in [-0.3, -0.25) is 9.69 Å². The molecule has 2 aromatic carbocycles. The molecule has 0 aliphatic carbocycles. The average molecular weight is 476 g/mol. The van der Waals surface area contributed by atoms with Crippen molar-refractivity contribution < 1.29 is 4.79 Å². The van der Waals surface area contributed by atoms with Crippen LogP contribution in [0.15, 0.2) is 41.3 Å². The van der Waals surface area contributed by atoms with Crippen LogP contribution < -0.4 is 4.90 Å². The van der Waals surface area contributed by atoms with Gasteiger partial charge in [0.15, 0.2) is 5.13 Å². The number of fused-ring (bicyclic) bond motifs is 1. The number of hydrogen-bond donors (Lipinski definition) is 0. The molecular formula is C24H30ClN3OS2. The smallest absolute Gasteiger partial charge is 0.228 e. The molecule has 0 radical (unpaired) electrons. The fraction of sp³-hybridized carbons (Fsp3) is 0.417. The molecule has 1 heterocycles. The number of aryl methyl sites for hydroxylation is 2. The van der Waals surface area contributed by atoms with Crippen LogP contribution in [-0.4, -0.2) is 48.7 Å². The lowest BCUT2D eigenvalue weighted by Crippen LogP contribution is -2.33. The molecule has 7 heteroatoms. The van der Waals surface area contributed by atoms with Crippen molar-refractivity contribution in [3.8, 4) is 0 Å². The monoisotopic (exact) mass is 475 g/mol. The molecule has 31 heavy (non-hydrogen) atoms. The van der Waals surface area contributed by atoms with E-state index in [0.29, 0.717) is 13.0 Å². The van der Waals surface area contributed by atoms with Crippen molar-refractivity contribution in [2.75, 3.05) is 37.8 Å². The summed E-state index contributed by atoms with van der Waals surface area (Å²) in [4.78, 5) is 23.3. The number of carbonyl (C=O) groups excluding carboxylic acids is 1. The molecule has 0 saturated heterocycles. The second kappa shape index (κ2) is 11.3. The van der Waals surface area contributed by atoms with E-state index in [2.05, 4.69) is 45.0 Å². The van der Waals surface area contributed by atoms with E-state index in [4.69, 9.17) is 16.6 Å². The Balaban J connectivity index is 1.67. The zero-order valence-electron chi connectivity index (χ0n) is 18.7. The lowest BCUT2D eigenvalue weighted by Gasteiger charge is -2.21. The lowest BCUT2D eigenvalue weighted by molar-refractivity contribution is -0.118. The highest BCUT2D eigenvalue weighted by atomic mass is 35.5. The predicted octanol–water partition coefficient (Wildman–Crippen LogP) is 6.42. The van der Waals surface area contributed by atoms with Crippen LogP contribution in [0.4, 0.5) is 5.13 Å². The Labute approximate surface area is 198 Å². The van der Waals surface area contributed by atoms with Gasteiger partial charge in [0, 0.05) is 22.9 Å². The summed E-state index contributed by atoms with van der Waals surface area (Å²) in [6, 6.07) is 12.1. The largest absolute Gasteiger partial charge is 0.309 e. The van der Waals surface area contributed by atoms with Crippen LogP contribution in [0.1, 0.15) is 30.4 Å². The van der Waals surface area contributed by atoms with E-state index in [9.17, 15) is 4.79 Å². The number of hydrogen-bond acceptors (Lipinski definition) is 5. The van der Waals surface area contributed by atoms with Crippen LogP contribution in [0.5, 0.6) is 0 Å². The van der Waals surface area contributed by atoms with E-state index in [1.807, 2.05) is 29.2 Å². The van der Waals surface area contributed by atoms with Crippen LogP contribution in [0.2, 0.25) is 5.02 Å². The van der Waals surface area contributed by atoms with Gasteiger partial charge in [0.25, 0.3) is 0 Å². The van der Waals surface area contributed by atoms with Gasteiger partial charge in [-0.15, -0.1) is 11.8 Å². The molecular weight excluding hydrogens is 446 g/mol. The number of halogens is 1. The van der Waals surface area contributed by atoms with Crippen molar-refractivity contribution in [2.45, 2.75) is 38.0 Å². The highest BCUT2D eigenvalue weighted by molar-refractivity contribution is 7.99. The zero-order valence-corrected chi connectivity index (χ0v) is 21.0. The average Bonchev–Trinajstić information content (AvgIpc) is 3.19. The van der Waals surface area contributed by atoms with Crippen molar-refractivity contribution in [3.63, 3.8) is 0 Å². The number of amides is 1. The number of carbonyl (C=O) groups is 1. The Morgan fingerprint density at radius 1 is 1.03 bits per heavy atom. The van der Waals surface area contributed by atoms with Crippen LogP contribution >= 0.6 is 34.7 Å². The van der Waals surface area contributed by atoms with Gasteiger partial charge in [-0.25, -0.2) is 4.98 Å². The summed E-state index contributed by atoms with van der Waals surface area (Å²) in [6.07, 6.45) is 2.28. The van der Waals surface area contributed by atoms with Gasteiger partial charge in [0.1, 0.15) is 0 Å². The first-order chi connectivity index (χ1) is 14.8. The van der Waals surface area contributed by atoms with Gasteiger partial charge in [-0.05, 0) is 88.5 Å². The van der Waals surface area contributed by atoms with Gasteiger partial charge in [0.2, 0.25) is 5.91 Å². The second-order valence-corrected chi connectivity index (χ2v) is 10.6. The molecule has 1 amide bonds. The fourth-order valence-corrected chi connectivity index (χ4v) is 5.45. The molecule has 0 fully saturated rings. The molecule has 0 aliphatic heterocycles. The van der Waals surface area contributed by atoms with Crippen molar-refractivity contribution in [1.82, 2.24) is 9.88 Å². The summed E-state index contributed by atoms with van der Waals surface area (Å²) in [5.41, 5.74) is 3.39. The number of aromatic nitrogens is 1. The first-order valence-corrected chi connectivity index (χ1v) is 12.7. The third kappa shape index (κ3) is 6.69. The van der Waals surface area contributed by atoms with E-state index < -0.39 is 0 Å². The van der Waals surface area contributed by atoms with E-state index in [-0.39, 0.29) is 5.91 Å². The summed E-state index contributed by atoms with van der Waals surface area (Å²) in [7, 11) is 4.12. The maximum absolute atomic E-state index is 13.2. The fourth-order valence-electron chi connectivity index (χ4n) is 3.31. The molecule has 0 N–H and O–H groups in total. The third-order valence-corrected chi connectivity index (χ3v) is 7.63. The summed E-state index contributed by atoms with van der Waals surface area (Å²) >= 11 is 9.34. The minimum Gasteiger partial charge on any atom is -0.309 e. The molecule has 1 aromatic heterocycles. The number of benzene rings is 2. The standard InChI is InChI=1S/C24H30ClN3OS2/c1-17-8-9-18(2)23-22(17)26-24(31-23)28(15-6-14-27(3)4)21(29)7-5-16-30-20-12-10-19(25)11-13-20/h8-13H,5-7,14-16H2,1-4H3. The molecule has 0 spiro atoms. The molecule has 0 aliphatic rings. The van der Waals surface area contributed by atoms with E-state index in [1.54, 1.807) is 23.1 Å². The Morgan fingerprint density at radius 3 is 2.42 bits per heavy atom. The van der Waals surface area contributed by atoms with Gasteiger partial charge >= 0.3 is 0 Å². The van der Waals surface area contributed by atoms with Gasteiger partial charge < -0.3 is 4.90 Å². The Bertz CT molecular complexity index is 979. The normalized spacial score (nSPS) is 11.4. The minimum atomic E-state index is 0.157. The van der Waals surface area contributed by atoms with Gasteiger partial charge in [0.05, 0.1) is 10.2 Å². The summed E-state index contributed by atoms with van der Waals surface area (Å²) in [5, 5.41) is 1.57. The number of thiazole rings is 1. The van der Waals surface area contributed by atoms with Crippen LogP contribution in [-0.2, 0) is 4.79 Å². The quantitative estimate of drug-likeness (QED) is 0.250. The van der Waals surface area contributed by atoms with E-state index in [1.165, 1.54) is 15.2 Å². The third-order valence-electron chi connectivity index (χ3n) is 5.07. The number of nitrogens with zero attached hydrogens (tertiary/aromatic N) is 3. The number of rotatable bonds is 10. The van der Waals surface area contributed by atoms with Gasteiger partial charge in [-0.2, -0.15) is 0 Å². The SMILES string of the molecule is Cc1ccc(C)c2sc(N(CCCN(C)C)C(=O)CCCSc3ccc(Cl)cc3)nc12. The molecule has 3 rings (SSSR count). The molecule has 4 nitrogen and oxygen atoms in total. The van der Waals surface area contributed by atoms with Crippen molar-refractivity contribution in [3.05, 3.63) is 52.5 Å². The highest BCUT2D eigenvalue weighted by Gasteiger charge is 2.20. The van der Waals surface area contributed by atoms with Crippen molar-refractivity contribution in [2.24, 2.45) is 0 Å². The Morgan fingerprint density at radius 2 is 1.74 bits per heavy atom. The maximum atomic E-state index is 13.2. The first-order valence-electron chi connectivity index (χ1n) is 10.6. The topological polar surface area (TPSA) is 36.4 Å². The molecule has 166 valence electrons. The van der Waals surface area contributed by atoms with Crippen LogP contribution in [0.25, 0.3) is 10.2 Å². The summed E-state index contributed by atoms with van der Waals surface area (Å²) in [5.74, 6) is 1.06. The minimum absolute atomic E-state index is 0.157. The summed E-state index contributed by atoms with van der Waals surface area (Å²) in [6.45, 7) is 5.83. The first kappa shape index (κ1) is 24.1. The highest BCUT2D eigenvalue weighted by Crippen LogP contribution is 2.33. The van der Waals surface area contributed by atoms with Crippen LogP contribution in [0, 0.1) is 13.8 Å². The molecule has 0 unspecified atom stereocenters. The summed E-state index contributed by atoms with van der Waals surface area (Å²) < 4.78 is 1.18. The van der Waals surface area contributed by atoms with Crippen molar-refractivity contribution in [1.29, 1.82) is 0 Å². The zero-order chi connectivity index (χ0) is 22.4. The molecule has 0 atom stereocenters. The van der Waals surface area contributed by atoms with E-state index >= 15 is 0 Å². The second-order valence-electron chi connectivity index (χ2n) is 7.98. The van der Waals surface area contributed by atoms with Crippen LogP contribution in [0.3, 0.4) is 0 Å². The van der Waals surface area contributed by atoms with Crippen molar-refractivity contribution >= 4 is 56.0 Å². The van der Waals surface area contributed by atoms with Gasteiger partial charge in [-0.1, -0.05) is 35.1 Å². The Hall–Kier alpha value is -1.60. The molecule has 0 bridgehead atoms. The maximum Gasteiger partial charge on any atom is 0.228 e. The number of anilines is 1. The number of thioether (sulfide) groups is 1. The predicted molar refractivity (Wildman–Crippen MR) is 136 cm³/mol. The molecule has 0 saturated carbocycles.